The number of carbonyl (C=O) groups is 1. The molecular formula is C34H38F2N4O9S2. The average molecular weight is 749 g/mol. The van der Waals surface area contributed by atoms with Crippen LogP contribution in [0.15, 0.2) is 50.7 Å². The fourth-order valence-corrected chi connectivity index (χ4v) is 8.93. The van der Waals surface area contributed by atoms with E-state index in [1.165, 1.54) is 43.9 Å². The van der Waals surface area contributed by atoms with Crippen molar-refractivity contribution in [3.63, 3.8) is 0 Å². The summed E-state index contributed by atoms with van der Waals surface area (Å²) in [6.45, 7) is 2.53. The van der Waals surface area contributed by atoms with Gasteiger partial charge in [0.1, 0.15) is 28.5 Å². The molecule has 2 saturated heterocycles. The third-order valence-corrected chi connectivity index (χ3v) is 13.3. The number of hydrogen-bond donors (Lipinski definition) is 1. The molecule has 4 aromatic rings. The molecule has 17 heteroatoms. The van der Waals surface area contributed by atoms with Gasteiger partial charge in [-0.25, -0.2) is 22.8 Å². The number of hydrogen-bond acceptors (Lipinski definition) is 11. The second-order valence-corrected chi connectivity index (χ2v) is 17.7. The van der Waals surface area contributed by atoms with Crippen LogP contribution in [0.2, 0.25) is 0 Å². The highest BCUT2D eigenvalue weighted by atomic mass is 32.2. The lowest BCUT2D eigenvalue weighted by atomic mass is 10.0. The van der Waals surface area contributed by atoms with Gasteiger partial charge in [0, 0.05) is 5.56 Å². The van der Waals surface area contributed by atoms with Gasteiger partial charge >= 0.3 is 12.3 Å². The largest absolute Gasteiger partial charge is 0.444 e. The maximum atomic E-state index is 14.7. The Bertz CT molecular complexity index is 2190. The van der Waals surface area contributed by atoms with E-state index in [-0.39, 0.29) is 65.1 Å². The van der Waals surface area contributed by atoms with Crippen molar-refractivity contribution in [2.24, 2.45) is 0 Å². The molecule has 1 amide bonds. The van der Waals surface area contributed by atoms with Crippen LogP contribution in [0.3, 0.4) is 0 Å². The number of sulfonamides is 1. The predicted octanol–water partition coefficient (Wildman–Crippen LogP) is 4.99. The minimum Gasteiger partial charge on any atom is -0.444 e. The quantitative estimate of drug-likeness (QED) is 0.221. The zero-order valence-corrected chi connectivity index (χ0v) is 30.0. The van der Waals surface area contributed by atoms with E-state index in [1.54, 1.807) is 25.1 Å². The summed E-state index contributed by atoms with van der Waals surface area (Å²) >= 11 is 1.08. The number of carbonyl (C=O) groups excluding carboxylic acids is 1. The minimum absolute atomic E-state index is 0.0146. The lowest BCUT2D eigenvalue weighted by molar-refractivity contribution is -0.124. The van der Waals surface area contributed by atoms with Crippen LogP contribution in [0.4, 0.5) is 8.78 Å². The zero-order chi connectivity index (χ0) is 36.5. The smallest absolute Gasteiger partial charge is 0.387 e. The van der Waals surface area contributed by atoms with Gasteiger partial charge in [0.2, 0.25) is 15.9 Å². The summed E-state index contributed by atoms with van der Waals surface area (Å²) in [7, 11) is -4.20. The van der Waals surface area contributed by atoms with Crippen molar-refractivity contribution < 1.29 is 40.6 Å². The van der Waals surface area contributed by atoms with Gasteiger partial charge < -0.3 is 18.6 Å². The molecule has 3 aliphatic rings. The lowest BCUT2D eigenvalue weighted by Crippen LogP contribution is -2.54. The number of ether oxygens (including phenoxy) is 3. The number of oxazole rings is 1. The van der Waals surface area contributed by atoms with E-state index in [2.05, 4.69) is 9.71 Å². The highest BCUT2D eigenvalue weighted by Gasteiger charge is 2.56. The van der Waals surface area contributed by atoms with Crippen molar-refractivity contribution in [3.8, 4) is 16.5 Å². The van der Waals surface area contributed by atoms with Crippen molar-refractivity contribution >= 4 is 37.5 Å². The summed E-state index contributed by atoms with van der Waals surface area (Å²) in [6, 6.07) is 6.16. The van der Waals surface area contributed by atoms with Crippen LogP contribution < -0.4 is 20.7 Å². The summed E-state index contributed by atoms with van der Waals surface area (Å²) in [4.78, 5) is 47.9. The molecule has 13 nitrogen and oxygen atoms in total. The standard InChI is InChI=1S/C34H38F2N4O9S2/c1-18-25-28(41)40(34(11-12-34)30(42)38-51(44,45)33(2,3)4)32(43)39(29(25)50-26(18)27-37-13-14-46-27)17-24(22-7-5-6-8-23(22)49-31(35)36)48-21-15-19-9-10-20(16-21)47-19/h5-8,13-14,19-21,24,31H,9-12,15-17H2,1-4H3,(H,38,42)/t19-,20+,21-,24-/m0/s1. The fraction of sp³-hybridized carbons (Fsp3) is 0.529. The minimum atomic E-state index is -4.20. The predicted molar refractivity (Wildman–Crippen MR) is 182 cm³/mol. The number of alkyl halides is 2. The highest BCUT2D eigenvalue weighted by molar-refractivity contribution is 7.91. The zero-order valence-electron chi connectivity index (χ0n) is 28.4. The van der Waals surface area contributed by atoms with Crippen LogP contribution in [0.25, 0.3) is 21.0 Å². The third kappa shape index (κ3) is 6.42. The van der Waals surface area contributed by atoms with Crippen molar-refractivity contribution in [1.29, 1.82) is 0 Å². The first kappa shape index (κ1) is 35.5. The number of nitrogens with zero attached hydrogens (tertiary/aromatic N) is 3. The number of benzene rings is 1. The van der Waals surface area contributed by atoms with Crippen molar-refractivity contribution in [3.05, 3.63) is 68.7 Å². The molecule has 0 spiro atoms. The molecule has 1 N–H and O–H groups in total. The van der Waals surface area contributed by atoms with Gasteiger partial charge in [0.25, 0.3) is 11.5 Å². The molecule has 0 radical (unpaired) electrons. The topological polar surface area (TPSA) is 161 Å². The van der Waals surface area contributed by atoms with Crippen LogP contribution >= 0.6 is 11.3 Å². The van der Waals surface area contributed by atoms with Crippen molar-refractivity contribution in [2.45, 2.75) is 114 Å². The Hall–Kier alpha value is -3.93. The summed E-state index contributed by atoms with van der Waals surface area (Å²) in [5.41, 5.74) is -2.76. The van der Waals surface area contributed by atoms with Crippen LogP contribution in [0.1, 0.15) is 76.5 Å². The Morgan fingerprint density at radius 2 is 1.84 bits per heavy atom. The first-order valence-electron chi connectivity index (χ1n) is 16.7. The maximum Gasteiger partial charge on any atom is 0.387 e. The SMILES string of the molecule is Cc1c(-c2ncco2)sc2c1c(=O)n(C1(C(=O)NS(=O)(=O)C(C)(C)C)CC1)c(=O)n2C[C@H](O[C@@H]1C[C@H]2CC[C@@H](C1)O2)c1ccccc1OC(F)F. The van der Waals surface area contributed by atoms with E-state index in [9.17, 15) is 31.6 Å². The second-order valence-electron chi connectivity index (χ2n) is 14.3. The Kier molecular flexibility index (Phi) is 8.99. The first-order valence-corrected chi connectivity index (χ1v) is 19.0. The van der Waals surface area contributed by atoms with Gasteiger partial charge in [0.05, 0.1) is 46.1 Å². The van der Waals surface area contributed by atoms with Crippen LogP contribution in [0.5, 0.6) is 5.75 Å². The van der Waals surface area contributed by atoms with E-state index in [0.29, 0.717) is 23.3 Å². The molecule has 5 heterocycles. The number of fused-ring (bicyclic) bond motifs is 3. The first-order chi connectivity index (χ1) is 24.1. The molecule has 3 aromatic heterocycles. The molecular weight excluding hydrogens is 711 g/mol. The van der Waals surface area contributed by atoms with Gasteiger partial charge in [0.15, 0.2) is 0 Å². The molecule has 7 rings (SSSR count). The molecule has 274 valence electrons. The summed E-state index contributed by atoms with van der Waals surface area (Å²) in [5.74, 6) is -0.933. The molecule has 4 atom stereocenters. The van der Waals surface area contributed by atoms with Crippen molar-refractivity contribution in [2.75, 3.05) is 0 Å². The maximum absolute atomic E-state index is 14.7. The van der Waals surface area contributed by atoms with Crippen LogP contribution in [0, 0.1) is 6.92 Å². The molecule has 0 unspecified atom stereocenters. The Morgan fingerprint density at radius 1 is 1.16 bits per heavy atom. The van der Waals surface area contributed by atoms with E-state index >= 15 is 0 Å². The Morgan fingerprint density at radius 3 is 2.45 bits per heavy atom. The van der Waals surface area contributed by atoms with Gasteiger partial charge in [-0.3, -0.25) is 18.9 Å². The number of rotatable bonds is 11. The Labute approximate surface area is 295 Å². The van der Waals surface area contributed by atoms with Gasteiger partial charge in [-0.05, 0) is 77.8 Å². The van der Waals surface area contributed by atoms with E-state index in [4.69, 9.17) is 18.6 Å². The molecule has 1 saturated carbocycles. The van der Waals surface area contributed by atoms with E-state index in [0.717, 1.165) is 28.7 Å². The summed E-state index contributed by atoms with van der Waals surface area (Å²) in [6.07, 6.45) is 4.34. The van der Waals surface area contributed by atoms with E-state index in [1.807, 2.05) is 0 Å². The normalized spacial score (nSPS) is 22.0. The summed E-state index contributed by atoms with van der Waals surface area (Å²) < 4.78 is 79.4. The number of nitrogens with one attached hydrogen (secondary N) is 1. The fourth-order valence-electron chi connectivity index (χ4n) is 6.95. The van der Waals surface area contributed by atoms with Gasteiger partial charge in [-0.15, -0.1) is 11.3 Å². The third-order valence-electron chi connectivity index (χ3n) is 9.88. The average Bonchev–Trinajstić information content (AvgIpc) is 3.32. The number of thiophene rings is 1. The second kappa shape index (κ2) is 12.9. The molecule has 1 aliphatic carbocycles. The van der Waals surface area contributed by atoms with Crippen LogP contribution in [-0.2, 0) is 36.4 Å². The molecule has 2 aliphatic heterocycles. The van der Waals surface area contributed by atoms with E-state index < -0.39 is 50.2 Å². The Balaban J connectivity index is 1.41. The summed E-state index contributed by atoms with van der Waals surface area (Å²) in [5, 5.41) is 0.102. The molecule has 2 bridgehead atoms. The number of aromatic nitrogens is 3. The highest BCUT2D eigenvalue weighted by Crippen LogP contribution is 2.44. The monoisotopic (exact) mass is 748 g/mol. The lowest BCUT2D eigenvalue weighted by Gasteiger charge is -2.32. The van der Waals surface area contributed by atoms with Gasteiger partial charge in [-0.2, -0.15) is 8.78 Å². The number of aryl methyl sites for hydroxylation is 1. The molecule has 3 fully saturated rings. The molecule has 51 heavy (non-hydrogen) atoms. The van der Waals surface area contributed by atoms with Gasteiger partial charge in [-0.1, -0.05) is 18.2 Å². The number of amides is 1. The number of para-hydroxylation sites is 1. The molecule has 1 aromatic carbocycles. The van der Waals surface area contributed by atoms with Crippen LogP contribution in [-0.4, -0.2) is 58.1 Å². The number of halogens is 2. The van der Waals surface area contributed by atoms with Crippen molar-refractivity contribution in [1.82, 2.24) is 18.8 Å².